The van der Waals surface area contributed by atoms with Gasteiger partial charge in [-0.2, -0.15) is 5.10 Å². The van der Waals surface area contributed by atoms with Crippen molar-refractivity contribution in [3.63, 3.8) is 0 Å². The molecule has 8 nitrogen and oxygen atoms in total. The number of nitrogens with one attached hydrogen (secondary N) is 2. The van der Waals surface area contributed by atoms with E-state index in [1.807, 2.05) is 37.3 Å². The number of benzene rings is 1. The highest BCUT2D eigenvalue weighted by Crippen LogP contribution is 2.19. The molecule has 3 aromatic rings. The molecular weight excluding hydrogens is 388 g/mol. The van der Waals surface area contributed by atoms with Crippen LogP contribution in [0.15, 0.2) is 42.6 Å². The Labute approximate surface area is 173 Å². The first kappa shape index (κ1) is 19.3. The van der Waals surface area contributed by atoms with Gasteiger partial charge in [-0.15, -0.1) is 0 Å². The van der Waals surface area contributed by atoms with Crippen LogP contribution in [0, 0.1) is 11.7 Å². The first-order chi connectivity index (χ1) is 14.1. The molecule has 150 valence electrons. The maximum Gasteiger partial charge on any atom is 0.245 e. The number of H-pyrrole nitrogens is 1. The van der Waals surface area contributed by atoms with E-state index in [9.17, 15) is 4.79 Å². The second-order valence-electron chi connectivity index (χ2n) is 6.85. The minimum atomic E-state index is -0.220. The van der Waals surface area contributed by atoms with Crippen LogP contribution < -0.4 is 10.2 Å². The van der Waals surface area contributed by atoms with E-state index < -0.39 is 0 Å². The van der Waals surface area contributed by atoms with E-state index in [-0.39, 0.29) is 12.5 Å². The quantitative estimate of drug-likeness (QED) is 0.629. The van der Waals surface area contributed by atoms with E-state index in [1.54, 1.807) is 16.8 Å². The van der Waals surface area contributed by atoms with Crippen LogP contribution in [-0.2, 0) is 16.1 Å². The SMILES string of the molecule is Cc1ccc(-c2n[nH]c(=S)n2CC(=O)Nc2ccc(N3CCOCC3)cn2)cc1. The summed E-state index contributed by atoms with van der Waals surface area (Å²) in [6.45, 7) is 5.18. The summed E-state index contributed by atoms with van der Waals surface area (Å²) in [6, 6.07) is 11.7. The molecule has 0 atom stereocenters. The van der Waals surface area contributed by atoms with Gasteiger partial charge in [0.15, 0.2) is 10.6 Å². The normalized spacial score (nSPS) is 14.0. The molecule has 0 aliphatic carbocycles. The zero-order valence-electron chi connectivity index (χ0n) is 16.1. The number of aromatic nitrogens is 4. The van der Waals surface area contributed by atoms with Gasteiger partial charge < -0.3 is 15.0 Å². The number of ether oxygens (including phenoxy) is 1. The summed E-state index contributed by atoms with van der Waals surface area (Å²) in [7, 11) is 0. The van der Waals surface area contributed by atoms with Gasteiger partial charge in [-0.1, -0.05) is 29.8 Å². The molecule has 4 rings (SSSR count). The Morgan fingerprint density at radius 1 is 1.21 bits per heavy atom. The molecule has 1 aromatic carbocycles. The summed E-state index contributed by atoms with van der Waals surface area (Å²) < 4.78 is 7.44. The fourth-order valence-electron chi connectivity index (χ4n) is 3.18. The highest BCUT2D eigenvalue weighted by atomic mass is 32.1. The third-order valence-corrected chi connectivity index (χ3v) is 5.07. The molecule has 0 unspecified atom stereocenters. The first-order valence-corrected chi connectivity index (χ1v) is 9.82. The van der Waals surface area contributed by atoms with Crippen LogP contribution in [0.4, 0.5) is 11.5 Å². The molecule has 2 aromatic heterocycles. The highest BCUT2D eigenvalue weighted by molar-refractivity contribution is 7.71. The van der Waals surface area contributed by atoms with Gasteiger partial charge in [0.1, 0.15) is 12.4 Å². The van der Waals surface area contributed by atoms with E-state index in [0.29, 0.717) is 29.6 Å². The van der Waals surface area contributed by atoms with Crippen molar-refractivity contribution in [2.75, 3.05) is 36.5 Å². The Balaban J connectivity index is 1.44. The molecule has 1 saturated heterocycles. The average Bonchev–Trinajstić information content (AvgIpc) is 3.10. The molecule has 1 aliphatic rings. The van der Waals surface area contributed by atoms with Crippen molar-refractivity contribution in [1.29, 1.82) is 0 Å². The van der Waals surface area contributed by atoms with E-state index in [2.05, 4.69) is 25.4 Å². The lowest BCUT2D eigenvalue weighted by Gasteiger charge is -2.28. The van der Waals surface area contributed by atoms with Crippen molar-refractivity contribution in [2.24, 2.45) is 0 Å². The van der Waals surface area contributed by atoms with Crippen molar-refractivity contribution in [1.82, 2.24) is 19.7 Å². The zero-order chi connectivity index (χ0) is 20.2. The highest BCUT2D eigenvalue weighted by Gasteiger charge is 2.14. The second kappa shape index (κ2) is 8.54. The number of pyridine rings is 1. The maximum atomic E-state index is 12.6. The lowest BCUT2D eigenvalue weighted by molar-refractivity contribution is -0.116. The lowest BCUT2D eigenvalue weighted by atomic mass is 10.1. The monoisotopic (exact) mass is 410 g/mol. The van der Waals surface area contributed by atoms with Crippen LogP contribution in [0.25, 0.3) is 11.4 Å². The van der Waals surface area contributed by atoms with Crippen LogP contribution in [0.2, 0.25) is 0 Å². The Bertz CT molecular complexity index is 1040. The summed E-state index contributed by atoms with van der Waals surface area (Å²) in [5.74, 6) is 0.905. The number of nitrogens with zero attached hydrogens (tertiary/aromatic N) is 4. The number of aromatic amines is 1. The predicted octanol–water partition coefficient (Wildman–Crippen LogP) is 2.79. The van der Waals surface area contributed by atoms with Gasteiger partial charge in [0.2, 0.25) is 5.91 Å². The molecule has 0 radical (unpaired) electrons. The topological polar surface area (TPSA) is 88.1 Å². The number of morpholine rings is 1. The van der Waals surface area contributed by atoms with E-state index in [0.717, 1.165) is 29.9 Å². The minimum absolute atomic E-state index is 0.0471. The van der Waals surface area contributed by atoms with Gasteiger partial charge in [-0.05, 0) is 31.3 Å². The zero-order valence-corrected chi connectivity index (χ0v) is 16.9. The van der Waals surface area contributed by atoms with Crippen molar-refractivity contribution in [3.05, 3.63) is 52.9 Å². The van der Waals surface area contributed by atoms with Crippen LogP contribution in [0.3, 0.4) is 0 Å². The maximum absolute atomic E-state index is 12.6. The number of carbonyl (C=O) groups is 1. The lowest BCUT2D eigenvalue weighted by Crippen LogP contribution is -2.36. The molecule has 1 amide bonds. The molecular formula is C20H22N6O2S. The summed E-state index contributed by atoms with van der Waals surface area (Å²) in [5.41, 5.74) is 3.06. The predicted molar refractivity (Wildman–Crippen MR) is 113 cm³/mol. The molecule has 9 heteroatoms. The molecule has 2 N–H and O–H groups in total. The Kier molecular flexibility index (Phi) is 5.68. The number of amides is 1. The smallest absolute Gasteiger partial charge is 0.245 e. The third kappa shape index (κ3) is 4.52. The number of aryl methyl sites for hydroxylation is 1. The number of rotatable bonds is 5. The summed E-state index contributed by atoms with van der Waals surface area (Å²) >= 11 is 5.30. The molecule has 0 spiro atoms. The van der Waals surface area contributed by atoms with Crippen molar-refractivity contribution in [2.45, 2.75) is 13.5 Å². The Morgan fingerprint density at radius 2 is 1.97 bits per heavy atom. The fourth-order valence-corrected chi connectivity index (χ4v) is 3.38. The van der Waals surface area contributed by atoms with Gasteiger partial charge in [0.05, 0.1) is 25.1 Å². The van der Waals surface area contributed by atoms with Crippen LogP contribution >= 0.6 is 12.2 Å². The number of hydrogen-bond donors (Lipinski definition) is 2. The third-order valence-electron chi connectivity index (χ3n) is 4.76. The van der Waals surface area contributed by atoms with Gasteiger partial charge >= 0.3 is 0 Å². The van der Waals surface area contributed by atoms with Crippen molar-refractivity contribution in [3.8, 4) is 11.4 Å². The molecule has 0 saturated carbocycles. The standard InChI is InChI=1S/C20H22N6O2S/c1-14-2-4-15(5-3-14)19-23-24-20(29)26(19)13-18(27)22-17-7-6-16(12-21-17)25-8-10-28-11-9-25/h2-7,12H,8-11,13H2,1H3,(H,24,29)(H,21,22,27). The van der Waals surface area contributed by atoms with Gasteiger partial charge in [-0.3, -0.25) is 14.5 Å². The number of anilines is 2. The Morgan fingerprint density at radius 3 is 2.66 bits per heavy atom. The van der Waals surface area contributed by atoms with Crippen LogP contribution in [0.1, 0.15) is 5.56 Å². The van der Waals surface area contributed by atoms with Crippen molar-refractivity contribution < 1.29 is 9.53 Å². The summed E-state index contributed by atoms with van der Waals surface area (Å²) in [5, 5.41) is 9.86. The van der Waals surface area contributed by atoms with E-state index >= 15 is 0 Å². The van der Waals surface area contributed by atoms with E-state index in [1.165, 1.54) is 0 Å². The summed E-state index contributed by atoms with van der Waals surface area (Å²) in [6.07, 6.45) is 1.77. The average molecular weight is 411 g/mol. The largest absolute Gasteiger partial charge is 0.378 e. The molecule has 29 heavy (non-hydrogen) atoms. The number of hydrogen-bond acceptors (Lipinski definition) is 6. The van der Waals surface area contributed by atoms with E-state index in [4.69, 9.17) is 17.0 Å². The number of carbonyl (C=O) groups excluding carboxylic acids is 1. The molecule has 1 fully saturated rings. The molecule has 3 heterocycles. The Hall–Kier alpha value is -3.04. The van der Waals surface area contributed by atoms with Gasteiger partial charge in [0, 0.05) is 18.7 Å². The molecule has 0 bridgehead atoms. The van der Waals surface area contributed by atoms with Gasteiger partial charge in [0.25, 0.3) is 0 Å². The van der Waals surface area contributed by atoms with Gasteiger partial charge in [-0.25, -0.2) is 4.98 Å². The molecule has 1 aliphatic heterocycles. The second-order valence-corrected chi connectivity index (χ2v) is 7.24. The summed E-state index contributed by atoms with van der Waals surface area (Å²) in [4.78, 5) is 19.1. The first-order valence-electron chi connectivity index (χ1n) is 9.41. The minimum Gasteiger partial charge on any atom is -0.378 e. The van der Waals surface area contributed by atoms with Crippen LogP contribution in [-0.4, -0.2) is 52.0 Å². The van der Waals surface area contributed by atoms with Crippen LogP contribution in [0.5, 0.6) is 0 Å². The van der Waals surface area contributed by atoms with Crippen molar-refractivity contribution >= 4 is 29.6 Å². The fraction of sp³-hybridized carbons (Fsp3) is 0.300.